The molecule has 0 unspecified atom stereocenters. The molecule has 0 spiro atoms. The Balaban J connectivity index is 2.72. The molecule has 0 fully saturated rings. The Morgan fingerprint density at radius 1 is 1.36 bits per heavy atom. The van der Waals surface area contributed by atoms with E-state index in [1.165, 1.54) is 0 Å². The summed E-state index contributed by atoms with van der Waals surface area (Å²) in [7, 11) is 0. The molecule has 0 saturated heterocycles. The summed E-state index contributed by atoms with van der Waals surface area (Å²) in [6, 6.07) is 9.55. The second-order valence-electron chi connectivity index (χ2n) is 3.20. The molecule has 0 aliphatic rings. The summed E-state index contributed by atoms with van der Waals surface area (Å²) in [6.45, 7) is 3.64. The van der Waals surface area contributed by atoms with Crippen LogP contribution in [0.5, 0.6) is 0 Å². The molecule has 1 N–H and O–H groups in total. The Labute approximate surface area is 81.9 Å². The second-order valence-corrected chi connectivity index (χ2v) is 3.20. The molecule has 2 heteroatoms. The first-order valence-electron chi connectivity index (χ1n) is 4.53. The highest BCUT2D eigenvalue weighted by Crippen LogP contribution is 2.09. The van der Waals surface area contributed by atoms with Gasteiger partial charge in [0.15, 0.2) is 0 Å². The standard InChI is InChI=1S/C12H11NO/c1-2-5-10-8-9-6-3-4-7-11(9)12(14)13-10/h2-4,6-8H,1,5H2,(H,13,14). The zero-order chi connectivity index (χ0) is 9.97. The predicted molar refractivity (Wildman–Crippen MR) is 58.5 cm³/mol. The number of aromatic nitrogens is 1. The van der Waals surface area contributed by atoms with Crippen molar-refractivity contribution in [3.05, 3.63) is 59.0 Å². The summed E-state index contributed by atoms with van der Waals surface area (Å²) < 4.78 is 0. The largest absolute Gasteiger partial charge is 0.325 e. The zero-order valence-electron chi connectivity index (χ0n) is 7.79. The van der Waals surface area contributed by atoms with E-state index in [9.17, 15) is 4.79 Å². The van der Waals surface area contributed by atoms with Crippen LogP contribution in [0.15, 0.2) is 47.8 Å². The summed E-state index contributed by atoms with van der Waals surface area (Å²) in [5.74, 6) is 0. The molecule has 70 valence electrons. The number of allylic oxidation sites excluding steroid dienone is 1. The molecule has 0 aliphatic carbocycles. The molecular formula is C12H11NO. The Kier molecular flexibility index (Phi) is 2.19. The number of fused-ring (bicyclic) bond motifs is 1. The molecule has 1 heterocycles. The summed E-state index contributed by atoms with van der Waals surface area (Å²) in [4.78, 5) is 14.4. The number of pyridine rings is 1. The van der Waals surface area contributed by atoms with Gasteiger partial charge in [-0.25, -0.2) is 0 Å². The molecule has 0 amide bonds. The SMILES string of the molecule is C=CCc1cc2ccccc2c(=O)[nH]1. The molecule has 1 aromatic carbocycles. The fourth-order valence-electron chi connectivity index (χ4n) is 1.53. The molecule has 0 radical (unpaired) electrons. The van der Waals surface area contributed by atoms with Gasteiger partial charge in [-0.3, -0.25) is 4.79 Å². The number of hydrogen-bond donors (Lipinski definition) is 1. The minimum Gasteiger partial charge on any atom is -0.325 e. The van der Waals surface area contributed by atoms with Crippen molar-refractivity contribution < 1.29 is 0 Å². The molecule has 2 rings (SSSR count). The van der Waals surface area contributed by atoms with Gasteiger partial charge in [0.1, 0.15) is 0 Å². The lowest BCUT2D eigenvalue weighted by molar-refractivity contribution is 1.09. The van der Waals surface area contributed by atoms with Crippen molar-refractivity contribution in [2.24, 2.45) is 0 Å². The first-order chi connectivity index (χ1) is 6.81. The van der Waals surface area contributed by atoms with Gasteiger partial charge in [0, 0.05) is 17.5 Å². The van der Waals surface area contributed by atoms with Gasteiger partial charge in [-0.2, -0.15) is 0 Å². The van der Waals surface area contributed by atoms with Crippen LogP contribution in [0.1, 0.15) is 5.69 Å². The number of benzene rings is 1. The molecule has 1 aromatic heterocycles. The lowest BCUT2D eigenvalue weighted by atomic mass is 10.1. The fraction of sp³-hybridized carbons (Fsp3) is 0.0833. The monoisotopic (exact) mass is 185 g/mol. The number of aromatic amines is 1. The predicted octanol–water partition coefficient (Wildman–Crippen LogP) is 2.26. The van der Waals surface area contributed by atoms with Crippen molar-refractivity contribution in [2.45, 2.75) is 6.42 Å². The molecule has 0 bridgehead atoms. The minimum atomic E-state index is -0.0278. The highest BCUT2D eigenvalue weighted by atomic mass is 16.1. The van der Waals surface area contributed by atoms with Crippen molar-refractivity contribution in [1.29, 1.82) is 0 Å². The van der Waals surface area contributed by atoms with Crippen LogP contribution >= 0.6 is 0 Å². The molecule has 2 aromatic rings. The lowest BCUT2D eigenvalue weighted by Gasteiger charge is -2.00. The maximum Gasteiger partial charge on any atom is 0.256 e. The van der Waals surface area contributed by atoms with Crippen LogP contribution in [0, 0.1) is 0 Å². The summed E-state index contributed by atoms with van der Waals surface area (Å²) in [5.41, 5.74) is 0.878. The van der Waals surface area contributed by atoms with Crippen molar-refractivity contribution >= 4 is 10.8 Å². The number of rotatable bonds is 2. The third-order valence-electron chi connectivity index (χ3n) is 2.17. The van der Waals surface area contributed by atoms with E-state index >= 15 is 0 Å². The molecular weight excluding hydrogens is 174 g/mol. The Morgan fingerprint density at radius 3 is 2.93 bits per heavy atom. The fourth-order valence-corrected chi connectivity index (χ4v) is 1.53. The maximum absolute atomic E-state index is 11.6. The first kappa shape index (κ1) is 8.75. The van der Waals surface area contributed by atoms with E-state index in [2.05, 4.69) is 11.6 Å². The van der Waals surface area contributed by atoms with Gasteiger partial charge in [-0.05, 0) is 17.5 Å². The normalized spacial score (nSPS) is 10.3. The third-order valence-corrected chi connectivity index (χ3v) is 2.17. The lowest BCUT2D eigenvalue weighted by Crippen LogP contribution is -2.08. The number of hydrogen-bond acceptors (Lipinski definition) is 1. The van der Waals surface area contributed by atoms with Crippen LogP contribution in [-0.4, -0.2) is 4.98 Å². The summed E-state index contributed by atoms with van der Waals surface area (Å²) in [6.07, 6.45) is 2.47. The molecule has 0 atom stereocenters. The molecule has 14 heavy (non-hydrogen) atoms. The van der Waals surface area contributed by atoms with Crippen LogP contribution in [0.25, 0.3) is 10.8 Å². The second kappa shape index (κ2) is 3.50. The van der Waals surface area contributed by atoms with E-state index in [1.807, 2.05) is 30.3 Å². The van der Waals surface area contributed by atoms with Gasteiger partial charge in [-0.1, -0.05) is 24.3 Å². The van der Waals surface area contributed by atoms with E-state index in [-0.39, 0.29) is 5.56 Å². The van der Waals surface area contributed by atoms with Crippen LogP contribution in [0.2, 0.25) is 0 Å². The Morgan fingerprint density at radius 2 is 2.14 bits per heavy atom. The smallest absolute Gasteiger partial charge is 0.256 e. The average Bonchev–Trinajstić information content (AvgIpc) is 2.18. The van der Waals surface area contributed by atoms with Crippen molar-refractivity contribution in [3.63, 3.8) is 0 Å². The Bertz CT molecular complexity index is 525. The first-order valence-corrected chi connectivity index (χ1v) is 4.53. The highest BCUT2D eigenvalue weighted by Gasteiger charge is 1.98. The van der Waals surface area contributed by atoms with Crippen LogP contribution in [0.4, 0.5) is 0 Å². The van der Waals surface area contributed by atoms with Gasteiger partial charge in [-0.15, -0.1) is 6.58 Å². The topological polar surface area (TPSA) is 32.9 Å². The summed E-state index contributed by atoms with van der Waals surface area (Å²) >= 11 is 0. The molecule has 0 saturated carbocycles. The zero-order valence-corrected chi connectivity index (χ0v) is 7.79. The average molecular weight is 185 g/mol. The van der Waals surface area contributed by atoms with E-state index in [1.54, 1.807) is 6.08 Å². The Hall–Kier alpha value is -1.83. The number of nitrogens with one attached hydrogen (secondary N) is 1. The quantitative estimate of drug-likeness (QED) is 0.715. The summed E-state index contributed by atoms with van der Waals surface area (Å²) in [5, 5.41) is 1.72. The van der Waals surface area contributed by atoms with E-state index in [4.69, 9.17) is 0 Å². The van der Waals surface area contributed by atoms with E-state index in [0.717, 1.165) is 16.5 Å². The van der Waals surface area contributed by atoms with Gasteiger partial charge in [0.2, 0.25) is 0 Å². The highest BCUT2D eigenvalue weighted by molar-refractivity contribution is 5.81. The number of H-pyrrole nitrogens is 1. The van der Waals surface area contributed by atoms with Gasteiger partial charge in [0.05, 0.1) is 0 Å². The minimum absolute atomic E-state index is 0.0278. The third kappa shape index (κ3) is 1.46. The molecule has 0 aliphatic heterocycles. The van der Waals surface area contributed by atoms with Crippen LogP contribution < -0.4 is 5.56 Å². The van der Waals surface area contributed by atoms with Gasteiger partial charge in [0.25, 0.3) is 5.56 Å². The van der Waals surface area contributed by atoms with Crippen molar-refractivity contribution in [3.8, 4) is 0 Å². The van der Waals surface area contributed by atoms with Gasteiger partial charge < -0.3 is 4.98 Å². The van der Waals surface area contributed by atoms with Crippen molar-refractivity contribution in [1.82, 2.24) is 4.98 Å². The van der Waals surface area contributed by atoms with Gasteiger partial charge >= 0.3 is 0 Å². The molecule has 2 nitrogen and oxygen atoms in total. The van der Waals surface area contributed by atoms with E-state index < -0.39 is 0 Å². The van der Waals surface area contributed by atoms with Crippen molar-refractivity contribution in [2.75, 3.05) is 0 Å². The van der Waals surface area contributed by atoms with E-state index in [0.29, 0.717) is 6.42 Å². The maximum atomic E-state index is 11.6. The van der Waals surface area contributed by atoms with Crippen LogP contribution in [-0.2, 0) is 6.42 Å². The van der Waals surface area contributed by atoms with Crippen LogP contribution in [0.3, 0.4) is 0 Å².